The molecule has 1 saturated heterocycles. The highest BCUT2D eigenvalue weighted by Crippen LogP contribution is 2.37. The van der Waals surface area contributed by atoms with Gasteiger partial charge in [-0.1, -0.05) is 34.1 Å². The SMILES string of the molecule is CCC1OC(n2cc(C=NC)c3c(CCCC(C)C)ncnc32)C(O)C1C. The third-order valence-corrected chi connectivity index (χ3v) is 5.59. The number of aliphatic hydroxyl groups excluding tert-OH is 1. The van der Waals surface area contributed by atoms with E-state index in [1.54, 1.807) is 13.4 Å². The maximum Gasteiger partial charge on any atom is 0.161 e. The number of hydrogen-bond acceptors (Lipinski definition) is 5. The van der Waals surface area contributed by atoms with Gasteiger partial charge in [-0.2, -0.15) is 0 Å². The number of fused-ring (bicyclic) bond motifs is 1. The van der Waals surface area contributed by atoms with Crippen molar-refractivity contribution in [1.82, 2.24) is 14.5 Å². The van der Waals surface area contributed by atoms with Gasteiger partial charge in [-0.3, -0.25) is 4.99 Å². The maximum atomic E-state index is 10.8. The zero-order valence-corrected chi connectivity index (χ0v) is 17.1. The molecule has 3 heterocycles. The zero-order valence-electron chi connectivity index (χ0n) is 17.1. The van der Waals surface area contributed by atoms with E-state index in [1.807, 2.05) is 23.9 Å². The number of hydrogen-bond donors (Lipinski definition) is 1. The first kappa shape index (κ1) is 20.0. The Morgan fingerprint density at radius 3 is 2.78 bits per heavy atom. The fourth-order valence-corrected chi connectivity index (χ4v) is 4.04. The van der Waals surface area contributed by atoms with E-state index in [1.165, 1.54) is 6.42 Å². The van der Waals surface area contributed by atoms with Gasteiger partial charge in [0.15, 0.2) is 6.23 Å². The van der Waals surface area contributed by atoms with Crippen molar-refractivity contribution in [3.63, 3.8) is 0 Å². The summed E-state index contributed by atoms with van der Waals surface area (Å²) in [5.74, 6) is 0.770. The fraction of sp³-hybridized carbons (Fsp3) is 0.667. The third-order valence-electron chi connectivity index (χ3n) is 5.59. The van der Waals surface area contributed by atoms with Crippen molar-refractivity contribution in [2.45, 2.75) is 71.8 Å². The molecule has 0 bridgehead atoms. The molecule has 1 N–H and O–H groups in total. The Morgan fingerprint density at radius 1 is 1.37 bits per heavy atom. The minimum atomic E-state index is -0.559. The summed E-state index contributed by atoms with van der Waals surface area (Å²) in [6.07, 6.45) is 8.59. The molecule has 2 aromatic rings. The number of nitrogens with zero attached hydrogens (tertiary/aromatic N) is 4. The van der Waals surface area contributed by atoms with Gasteiger partial charge in [-0.25, -0.2) is 9.97 Å². The summed E-state index contributed by atoms with van der Waals surface area (Å²) >= 11 is 0. The zero-order chi connectivity index (χ0) is 19.6. The van der Waals surface area contributed by atoms with Gasteiger partial charge in [-0.15, -0.1) is 0 Å². The lowest BCUT2D eigenvalue weighted by Gasteiger charge is -2.18. The van der Waals surface area contributed by atoms with Crippen LogP contribution in [0.1, 0.15) is 64.4 Å². The monoisotopic (exact) mass is 372 g/mol. The molecular formula is C21H32N4O2. The highest BCUT2D eigenvalue weighted by atomic mass is 16.5. The molecule has 6 nitrogen and oxygen atoms in total. The minimum absolute atomic E-state index is 0.0538. The van der Waals surface area contributed by atoms with Gasteiger partial charge in [0.25, 0.3) is 0 Å². The van der Waals surface area contributed by atoms with Crippen LogP contribution in [0.15, 0.2) is 17.5 Å². The van der Waals surface area contributed by atoms with Crippen LogP contribution in [-0.4, -0.2) is 45.1 Å². The van der Waals surface area contributed by atoms with Crippen molar-refractivity contribution < 1.29 is 9.84 Å². The molecular weight excluding hydrogens is 340 g/mol. The summed E-state index contributed by atoms with van der Waals surface area (Å²) in [4.78, 5) is 13.3. The molecule has 0 aliphatic carbocycles. The molecule has 27 heavy (non-hydrogen) atoms. The molecule has 0 amide bonds. The lowest BCUT2D eigenvalue weighted by atomic mass is 9.99. The van der Waals surface area contributed by atoms with Crippen molar-refractivity contribution in [2.24, 2.45) is 16.8 Å². The van der Waals surface area contributed by atoms with E-state index in [2.05, 4.69) is 35.7 Å². The van der Waals surface area contributed by atoms with Crippen molar-refractivity contribution in [1.29, 1.82) is 0 Å². The second kappa shape index (κ2) is 8.48. The van der Waals surface area contributed by atoms with E-state index in [-0.39, 0.29) is 12.0 Å². The van der Waals surface area contributed by atoms with E-state index in [9.17, 15) is 5.11 Å². The Balaban J connectivity index is 2.02. The average molecular weight is 373 g/mol. The van der Waals surface area contributed by atoms with Crippen LogP contribution in [0.5, 0.6) is 0 Å². The van der Waals surface area contributed by atoms with Crippen LogP contribution >= 0.6 is 0 Å². The first-order chi connectivity index (χ1) is 13.0. The first-order valence-corrected chi connectivity index (χ1v) is 10.1. The molecule has 0 saturated carbocycles. The van der Waals surface area contributed by atoms with Crippen molar-refractivity contribution >= 4 is 17.2 Å². The second-order valence-electron chi connectivity index (χ2n) is 8.01. The molecule has 0 aromatic carbocycles. The standard InChI is InChI=1S/C21H32N4O2/c1-6-17-14(4)19(26)21(27-17)25-11-15(10-22-5)18-16(9-7-8-13(2)3)23-12-24-20(18)25/h10-14,17,19,21,26H,6-9H2,1-5H3. The average Bonchev–Trinajstić information content (AvgIpc) is 3.14. The van der Waals surface area contributed by atoms with Crippen LogP contribution in [0.2, 0.25) is 0 Å². The van der Waals surface area contributed by atoms with E-state index in [0.29, 0.717) is 5.92 Å². The predicted molar refractivity (Wildman–Crippen MR) is 108 cm³/mol. The van der Waals surface area contributed by atoms with Crippen molar-refractivity contribution in [3.05, 3.63) is 23.8 Å². The highest BCUT2D eigenvalue weighted by molar-refractivity contribution is 5.99. The maximum absolute atomic E-state index is 10.8. The molecule has 3 rings (SSSR count). The highest BCUT2D eigenvalue weighted by Gasteiger charge is 2.41. The molecule has 148 valence electrons. The Kier molecular flexibility index (Phi) is 6.27. The molecule has 1 aliphatic rings. The van der Waals surface area contributed by atoms with Crippen molar-refractivity contribution in [2.75, 3.05) is 7.05 Å². The number of rotatable bonds is 7. The number of aliphatic imine (C=N–C) groups is 1. The van der Waals surface area contributed by atoms with E-state index >= 15 is 0 Å². The summed E-state index contributed by atoms with van der Waals surface area (Å²) in [6.45, 7) is 8.62. The van der Waals surface area contributed by atoms with Crippen LogP contribution in [0.4, 0.5) is 0 Å². The third kappa shape index (κ3) is 3.92. The van der Waals surface area contributed by atoms with Crippen LogP contribution in [-0.2, 0) is 11.2 Å². The number of aliphatic hydroxyl groups is 1. The predicted octanol–water partition coefficient (Wildman–Crippen LogP) is 3.76. The largest absolute Gasteiger partial charge is 0.388 e. The van der Waals surface area contributed by atoms with Gasteiger partial charge in [0.05, 0.1) is 11.8 Å². The molecule has 1 fully saturated rings. The van der Waals surface area contributed by atoms with Crippen LogP contribution in [0.25, 0.3) is 11.0 Å². The summed E-state index contributed by atoms with van der Waals surface area (Å²) in [5, 5.41) is 11.8. The molecule has 0 radical (unpaired) electrons. The van der Waals surface area contributed by atoms with E-state index < -0.39 is 12.3 Å². The van der Waals surface area contributed by atoms with Gasteiger partial charge < -0.3 is 14.4 Å². The molecule has 2 aromatic heterocycles. The number of ether oxygens (including phenoxy) is 1. The normalized spacial score (nSPS) is 26.0. The van der Waals surface area contributed by atoms with Crippen LogP contribution in [0.3, 0.4) is 0 Å². The van der Waals surface area contributed by atoms with Crippen LogP contribution < -0.4 is 0 Å². The Bertz CT molecular complexity index is 799. The van der Waals surface area contributed by atoms with Gasteiger partial charge in [-0.05, 0) is 25.2 Å². The summed E-state index contributed by atoms with van der Waals surface area (Å²) < 4.78 is 8.15. The van der Waals surface area contributed by atoms with Gasteiger partial charge >= 0.3 is 0 Å². The molecule has 4 atom stereocenters. The minimum Gasteiger partial charge on any atom is -0.388 e. The quantitative estimate of drug-likeness (QED) is 0.751. The van der Waals surface area contributed by atoms with Gasteiger partial charge in [0.1, 0.15) is 18.1 Å². The first-order valence-electron chi connectivity index (χ1n) is 10.1. The summed E-state index contributed by atoms with van der Waals surface area (Å²) in [6, 6.07) is 0. The Hall–Kier alpha value is -1.79. The lowest BCUT2D eigenvalue weighted by molar-refractivity contribution is -0.0352. The summed E-state index contributed by atoms with van der Waals surface area (Å²) in [5.41, 5.74) is 2.84. The molecule has 1 aliphatic heterocycles. The lowest BCUT2D eigenvalue weighted by Crippen LogP contribution is -2.24. The smallest absolute Gasteiger partial charge is 0.161 e. The number of aromatic nitrogens is 3. The second-order valence-corrected chi connectivity index (χ2v) is 8.01. The molecule has 6 heteroatoms. The summed E-state index contributed by atoms with van der Waals surface area (Å²) in [7, 11) is 1.77. The molecule has 0 spiro atoms. The topological polar surface area (TPSA) is 72.5 Å². The number of aryl methyl sites for hydroxylation is 1. The van der Waals surface area contributed by atoms with Crippen LogP contribution in [0, 0.1) is 11.8 Å². The van der Waals surface area contributed by atoms with Crippen molar-refractivity contribution in [3.8, 4) is 0 Å². The fourth-order valence-electron chi connectivity index (χ4n) is 4.04. The van der Waals surface area contributed by atoms with E-state index in [0.717, 1.165) is 41.6 Å². The van der Waals surface area contributed by atoms with E-state index in [4.69, 9.17) is 4.74 Å². The van der Waals surface area contributed by atoms with Gasteiger partial charge in [0, 0.05) is 36.3 Å². The molecule has 4 unspecified atom stereocenters. The van der Waals surface area contributed by atoms with Gasteiger partial charge in [0.2, 0.25) is 0 Å². The Morgan fingerprint density at radius 2 is 2.15 bits per heavy atom. The Labute approximate surface area is 161 Å².